The Kier molecular flexibility index (Phi) is 12.8. The molecule has 2 aromatic rings. The number of amides is 1. The predicted octanol–water partition coefficient (Wildman–Crippen LogP) is 6.90. The molecule has 0 saturated carbocycles. The molecule has 8 heteroatoms. The van der Waals surface area contributed by atoms with Crippen LogP contribution < -0.4 is 15.4 Å². The highest BCUT2D eigenvalue weighted by Gasteiger charge is 2.08. The number of carbonyl (C=O) groups excluding carboxylic acids is 2. The summed E-state index contributed by atoms with van der Waals surface area (Å²) in [5.74, 6) is -0.264. The third-order valence-corrected chi connectivity index (χ3v) is 4.77. The van der Waals surface area contributed by atoms with E-state index >= 15 is 0 Å². The van der Waals surface area contributed by atoms with Crippen LogP contribution in [0.3, 0.4) is 0 Å². The number of nitrogens with one attached hydrogen (secondary N) is 3. The summed E-state index contributed by atoms with van der Waals surface area (Å²) in [5, 5.41) is 6.12. The van der Waals surface area contributed by atoms with Crippen LogP contribution in [0.5, 0.6) is 0 Å². The first-order valence-corrected chi connectivity index (χ1v) is 12.2. The summed E-state index contributed by atoms with van der Waals surface area (Å²) in [4.78, 5) is 26.8. The van der Waals surface area contributed by atoms with Crippen LogP contribution >= 0.6 is 11.9 Å². The summed E-state index contributed by atoms with van der Waals surface area (Å²) in [6, 6.07) is 13.8. The number of carbonyl (C=O) groups is 2. The van der Waals surface area contributed by atoms with Gasteiger partial charge in [0.2, 0.25) is 5.91 Å². The Morgan fingerprint density at radius 2 is 1.68 bits per heavy atom. The maximum absolute atomic E-state index is 11.1. The molecule has 0 atom stereocenters. The molecule has 7 nitrogen and oxygen atoms in total. The number of hydrogen-bond acceptors (Lipinski definition) is 7. The van der Waals surface area contributed by atoms with Gasteiger partial charge in [0.15, 0.2) is 0 Å². The molecule has 0 radical (unpaired) electrons. The lowest BCUT2D eigenvalue weighted by Crippen LogP contribution is -2.06. The van der Waals surface area contributed by atoms with Crippen LogP contribution in [0.2, 0.25) is 0 Å². The van der Waals surface area contributed by atoms with Gasteiger partial charge >= 0.3 is 5.97 Å². The summed E-state index contributed by atoms with van der Waals surface area (Å²) >= 11 is 1.52. The molecule has 186 valence electrons. The van der Waals surface area contributed by atoms with Gasteiger partial charge in [0.05, 0.1) is 18.0 Å². The van der Waals surface area contributed by atoms with Crippen molar-refractivity contribution in [2.45, 2.75) is 59.8 Å². The van der Waals surface area contributed by atoms with Crippen LogP contribution in [0.1, 0.15) is 54.9 Å². The zero-order chi connectivity index (χ0) is 25.6. The topological polar surface area (TPSA) is 91.8 Å². The Hall–Kier alpha value is -3.00. The Bertz CT molecular complexity index is 938. The minimum Gasteiger partial charge on any atom is -0.466 e. The van der Waals surface area contributed by atoms with Crippen LogP contribution in [-0.2, 0) is 14.3 Å². The fourth-order valence-corrected chi connectivity index (χ4v) is 3.11. The quantitative estimate of drug-likeness (QED) is 0.203. The summed E-state index contributed by atoms with van der Waals surface area (Å²) in [5.41, 5.74) is 3.73. The number of anilines is 3. The van der Waals surface area contributed by atoms with E-state index < -0.39 is 0 Å². The fourth-order valence-electron chi connectivity index (χ4n) is 2.48. The zero-order valence-corrected chi connectivity index (χ0v) is 22.1. The van der Waals surface area contributed by atoms with Gasteiger partial charge in [-0.05, 0) is 73.2 Å². The van der Waals surface area contributed by atoms with Gasteiger partial charge in [-0.15, -0.1) is 0 Å². The third kappa shape index (κ3) is 12.9. The number of benzene rings is 2. The minimum atomic E-state index is -0.193. The average molecular weight is 487 g/mol. The van der Waals surface area contributed by atoms with Crippen molar-refractivity contribution >= 4 is 52.8 Å². The lowest BCUT2D eigenvalue weighted by Gasteiger charge is -2.14. The lowest BCUT2D eigenvalue weighted by molar-refractivity contribution is -0.140. The smallest absolute Gasteiger partial charge is 0.302 e. The first-order chi connectivity index (χ1) is 16.0. The molecule has 0 unspecified atom stereocenters. The maximum atomic E-state index is 11.1. The van der Waals surface area contributed by atoms with E-state index in [0.29, 0.717) is 6.61 Å². The molecule has 0 fully saturated rings. The van der Waals surface area contributed by atoms with Crippen molar-refractivity contribution in [3.8, 4) is 0 Å². The second-order valence-electron chi connectivity index (χ2n) is 8.64. The van der Waals surface area contributed by atoms with Crippen LogP contribution in [0.4, 0.5) is 22.7 Å². The summed E-state index contributed by atoms with van der Waals surface area (Å²) < 4.78 is 7.91. The molecule has 2 aromatic carbocycles. The Morgan fingerprint density at radius 1 is 1.03 bits per heavy atom. The van der Waals surface area contributed by atoms with E-state index in [2.05, 4.69) is 52.8 Å². The van der Waals surface area contributed by atoms with E-state index in [0.717, 1.165) is 40.6 Å². The van der Waals surface area contributed by atoms with Crippen molar-refractivity contribution in [1.82, 2.24) is 0 Å². The van der Waals surface area contributed by atoms with Gasteiger partial charge in [0.1, 0.15) is 0 Å². The van der Waals surface area contributed by atoms with Gasteiger partial charge < -0.3 is 20.1 Å². The number of ether oxygens (including phenoxy) is 1. The SMILES string of the molecule is CCCOC(C)=O.CCNc1ccc(NSc2ccc(NC(C)=O)cc2)cc1N=CC(C)(C)C. The van der Waals surface area contributed by atoms with Crippen LogP contribution in [0.15, 0.2) is 52.4 Å². The van der Waals surface area contributed by atoms with Crippen molar-refractivity contribution in [2.75, 3.05) is 28.5 Å². The van der Waals surface area contributed by atoms with Crippen molar-refractivity contribution in [2.24, 2.45) is 10.4 Å². The number of esters is 1. The van der Waals surface area contributed by atoms with Gasteiger partial charge in [-0.25, -0.2) is 0 Å². The molecule has 0 aromatic heterocycles. The lowest BCUT2D eigenvalue weighted by atomic mass is 9.99. The van der Waals surface area contributed by atoms with Crippen molar-refractivity contribution < 1.29 is 14.3 Å². The van der Waals surface area contributed by atoms with Gasteiger partial charge in [-0.3, -0.25) is 14.6 Å². The molecule has 1 amide bonds. The van der Waals surface area contributed by atoms with E-state index in [9.17, 15) is 9.59 Å². The van der Waals surface area contributed by atoms with Crippen molar-refractivity contribution in [3.63, 3.8) is 0 Å². The van der Waals surface area contributed by atoms with E-state index in [1.54, 1.807) is 0 Å². The number of nitrogens with zero attached hydrogens (tertiary/aromatic N) is 1. The molecule has 0 aliphatic heterocycles. The van der Waals surface area contributed by atoms with Gasteiger partial charge in [-0.2, -0.15) is 0 Å². The molecule has 0 aliphatic rings. The monoisotopic (exact) mass is 486 g/mol. The second-order valence-corrected chi connectivity index (χ2v) is 9.52. The van der Waals surface area contributed by atoms with Crippen LogP contribution in [0, 0.1) is 5.41 Å². The molecule has 34 heavy (non-hydrogen) atoms. The maximum Gasteiger partial charge on any atom is 0.302 e. The van der Waals surface area contributed by atoms with E-state index in [1.165, 1.54) is 25.8 Å². The van der Waals surface area contributed by atoms with Crippen molar-refractivity contribution in [1.29, 1.82) is 0 Å². The van der Waals surface area contributed by atoms with Crippen molar-refractivity contribution in [3.05, 3.63) is 42.5 Å². The van der Waals surface area contributed by atoms with E-state index in [-0.39, 0.29) is 17.3 Å². The minimum absolute atomic E-state index is 0.0251. The molecule has 0 aliphatic carbocycles. The molecule has 3 N–H and O–H groups in total. The highest BCUT2D eigenvalue weighted by atomic mass is 32.2. The van der Waals surface area contributed by atoms with Crippen LogP contribution in [-0.4, -0.2) is 31.2 Å². The first kappa shape index (κ1) is 29.0. The molecule has 0 saturated heterocycles. The molecule has 0 heterocycles. The van der Waals surface area contributed by atoms with E-state index in [1.807, 2.05) is 55.6 Å². The molecule has 2 rings (SSSR count). The Labute approximate surface area is 208 Å². The highest BCUT2D eigenvalue weighted by Crippen LogP contribution is 2.31. The Morgan fingerprint density at radius 3 is 2.18 bits per heavy atom. The summed E-state index contributed by atoms with van der Waals surface area (Å²) in [6.45, 7) is 14.7. The summed E-state index contributed by atoms with van der Waals surface area (Å²) in [6.07, 6.45) is 2.88. The van der Waals surface area contributed by atoms with E-state index in [4.69, 9.17) is 0 Å². The highest BCUT2D eigenvalue weighted by molar-refractivity contribution is 8.00. The molecular formula is C26H38N4O3S. The standard InChI is InChI=1S/C21H28N4OS.C5H10O2/c1-6-22-19-12-9-17(13-20(19)23-14-21(3,4)5)25-27-18-10-7-16(8-11-18)24-15(2)26;1-3-4-7-5(2)6/h7-14,22,25H,6H2,1-5H3,(H,24,26);3-4H2,1-2H3. The second kappa shape index (κ2) is 15.0. The zero-order valence-electron chi connectivity index (χ0n) is 21.3. The number of aliphatic imine (C=N–C) groups is 1. The third-order valence-electron chi connectivity index (χ3n) is 3.93. The predicted molar refractivity (Wildman–Crippen MR) is 145 cm³/mol. The average Bonchev–Trinajstić information content (AvgIpc) is 2.76. The van der Waals surface area contributed by atoms with Gasteiger partial charge in [-0.1, -0.05) is 27.7 Å². The molecule has 0 spiro atoms. The normalized spacial score (nSPS) is 10.8. The number of rotatable bonds is 9. The van der Waals surface area contributed by atoms with Gasteiger partial charge in [0.25, 0.3) is 0 Å². The van der Waals surface area contributed by atoms with Gasteiger partial charge in [0, 0.05) is 42.9 Å². The molecule has 0 bridgehead atoms. The van der Waals surface area contributed by atoms with Crippen LogP contribution in [0.25, 0.3) is 0 Å². The summed E-state index contributed by atoms with van der Waals surface area (Å²) in [7, 11) is 0. The number of hydrogen-bond donors (Lipinski definition) is 3. The fraction of sp³-hybridized carbons (Fsp3) is 0.423. The largest absolute Gasteiger partial charge is 0.466 e. The molecular weight excluding hydrogens is 448 g/mol. The first-order valence-electron chi connectivity index (χ1n) is 11.4. The Balaban J connectivity index is 0.000000718.